The third-order valence-corrected chi connectivity index (χ3v) is 5.32. The zero-order valence-electron chi connectivity index (χ0n) is 15.5. The Morgan fingerprint density at radius 2 is 1.66 bits per heavy atom. The van der Waals surface area contributed by atoms with Gasteiger partial charge >= 0.3 is 6.36 Å². The third-order valence-electron chi connectivity index (χ3n) is 3.49. The van der Waals surface area contributed by atoms with Crippen molar-refractivity contribution in [3.8, 4) is 5.75 Å². The fourth-order valence-electron chi connectivity index (χ4n) is 2.08. The topological polar surface area (TPSA) is 97.0 Å². The molecule has 0 bridgehead atoms. The van der Waals surface area contributed by atoms with Crippen LogP contribution in [-0.2, 0) is 16.6 Å². The van der Waals surface area contributed by atoms with Gasteiger partial charge in [0, 0.05) is 19.8 Å². The highest BCUT2D eigenvalue weighted by Crippen LogP contribution is 2.23. The number of hydrogen-bond acceptors (Lipinski definition) is 4. The monoisotopic (exact) mass is 544 g/mol. The lowest BCUT2D eigenvalue weighted by Gasteiger charge is -2.11. The molecule has 0 saturated heterocycles. The summed E-state index contributed by atoms with van der Waals surface area (Å²) in [5.74, 6) is -0.296. The fraction of sp³-hybridized carbons (Fsp3) is 0.235. The van der Waals surface area contributed by atoms with Crippen LogP contribution in [0.5, 0.6) is 5.75 Å². The summed E-state index contributed by atoms with van der Waals surface area (Å²) in [7, 11) is -0.609. The first-order valence-corrected chi connectivity index (χ1v) is 9.35. The maximum absolute atomic E-state index is 12.1. The molecule has 0 aliphatic carbocycles. The molecule has 3 N–H and O–H groups in total. The van der Waals surface area contributed by atoms with Gasteiger partial charge in [-0.15, -0.1) is 37.1 Å². The molecule has 29 heavy (non-hydrogen) atoms. The SMILES string of the molecule is CN(C)S(=O)(=O)c1ccc(CN=C(N)Nc2ccc(OC(F)(F)F)cc2)cc1.I. The van der Waals surface area contributed by atoms with Crippen LogP contribution in [-0.4, -0.2) is 39.1 Å². The molecule has 0 atom stereocenters. The third kappa shape index (κ3) is 7.70. The summed E-state index contributed by atoms with van der Waals surface area (Å²) in [6.07, 6.45) is -4.75. The first-order valence-electron chi connectivity index (χ1n) is 7.91. The minimum Gasteiger partial charge on any atom is -0.406 e. The molecule has 0 radical (unpaired) electrons. The highest BCUT2D eigenvalue weighted by molar-refractivity contribution is 14.0. The summed E-state index contributed by atoms with van der Waals surface area (Å²) in [6, 6.07) is 11.2. The van der Waals surface area contributed by atoms with E-state index >= 15 is 0 Å². The summed E-state index contributed by atoms with van der Waals surface area (Å²) in [4.78, 5) is 4.28. The van der Waals surface area contributed by atoms with E-state index in [-0.39, 0.29) is 47.1 Å². The Balaban J connectivity index is 0.00000420. The number of aliphatic imine (C=N–C) groups is 1. The number of sulfonamides is 1. The Hall–Kier alpha value is -2.06. The van der Waals surface area contributed by atoms with Crippen LogP contribution in [0.2, 0.25) is 0 Å². The van der Waals surface area contributed by atoms with E-state index in [0.29, 0.717) is 5.69 Å². The molecule has 7 nitrogen and oxygen atoms in total. The van der Waals surface area contributed by atoms with Crippen molar-refractivity contribution in [3.05, 3.63) is 54.1 Å². The summed E-state index contributed by atoms with van der Waals surface area (Å²) < 4.78 is 65.3. The minimum atomic E-state index is -4.75. The van der Waals surface area contributed by atoms with E-state index in [1.54, 1.807) is 12.1 Å². The van der Waals surface area contributed by atoms with E-state index in [1.165, 1.54) is 38.4 Å². The van der Waals surface area contributed by atoms with E-state index in [1.807, 2.05) is 0 Å². The molecule has 12 heteroatoms. The van der Waals surface area contributed by atoms with Crippen molar-refractivity contribution in [1.29, 1.82) is 0 Å². The second-order valence-electron chi connectivity index (χ2n) is 5.83. The van der Waals surface area contributed by atoms with Crippen molar-refractivity contribution < 1.29 is 26.3 Å². The van der Waals surface area contributed by atoms with Gasteiger partial charge in [0.25, 0.3) is 0 Å². The van der Waals surface area contributed by atoms with E-state index in [4.69, 9.17) is 5.73 Å². The van der Waals surface area contributed by atoms with Crippen LogP contribution in [0.1, 0.15) is 5.56 Å². The van der Waals surface area contributed by atoms with Crippen molar-refractivity contribution in [2.45, 2.75) is 17.8 Å². The molecule has 0 fully saturated rings. The van der Waals surface area contributed by atoms with Crippen molar-refractivity contribution >= 4 is 45.6 Å². The predicted molar refractivity (Wildman–Crippen MR) is 115 cm³/mol. The number of rotatable bonds is 6. The molecule has 2 aromatic rings. The number of guanidine groups is 1. The maximum atomic E-state index is 12.1. The highest BCUT2D eigenvalue weighted by atomic mass is 127. The van der Waals surface area contributed by atoms with E-state index in [0.717, 1.165) is 22.0 Å². The summed E-state index contributed by atoms with van der Waals surface area (Å²) >= 11 is 0. The van der Waals surface area contributed by atoms with Crippen LogP contribution in [0, 0.1) is 0 Å². The van der Waals surface area contributed by atoms with Gasteiger partial charge in [0.2, 0.25) is 10.0 Å². The van der Waals surface area contributed by atoms with Gasteiger partial charge in [0.05, 0.1) is 11.4 Å². The van der Waals surface area contributed by atoms with Crippen LogP contribution in [0.15, 0.2) is 58.4 Å². The van der Waals surface area contributed by atoms with Crippen LogP contribution in [0.4, 0.5) is 18.9 Å². The number of hydrogen-bond donors (Lipinski definition) is 2. The van der Waals surface area contributed by atoms with E-state index in [2.05, 4.69) is 15.0 Å². The minimum absolute atomic E-state index is 0. The molecule has 0 heterocycles. The van der Waals surface area contributed by atoms with Crippen molar-refractivity contribution in [1.82, 2.24) is 4.31 Å². The predicted octanol–water partition coefficient (Wildman–Crippen LogP) is 3.38. The standard InChI is InChI=1S/C17H19F3N4O3S.HI/c1-24(2)28(25,26)15-9-3-12(4-10-15)11-22-16(21)23-13-5-7-14(8-6-13)27-17(18,19)20;/h3-10H,11H2,1-2H3,(H3,21,22,23);1H. The fourth-order valence-corrected chi connectivity index (χ4v) is 2.98. The number of nitrogens with zero attached hydrogens (tertiary/aromatic N) is 2. The van der Waals surface area contributed by atoms with Gasteiger partial charge in [0.15, 0.2) is 5.96 Å². The molecule has 2 aromatic carbocycles. The van der Waals surface area contributed by atoms with Gasteiger partial charge in [-0.2, -0.15) is 0 Å². The highest BCUT2D eigenvalue weighted by Gasteiger charge is 2.30. The molecule has 0 aliphatic rings. The number of ether oxygens (including phenoxy) is 1. The van der Waals surface area contributed by atoms with Crippen LogP contribution in [0.25, 0.3) is 0 Å². The summed E-state index contributed by atoms with van der Waals surface area (Å²) in [5, 5.41) is 2.74. The Morgan fingerprint density at radius 1 is 1.10 bits per heavy atom. The maximum Gasteiger partial charge on any atom is 0.573 e. The number of benzene rings is 2. The second-order valence-corrected chi connectivity index (χ2v) is 7.98. The Kier molecular flexibility index (Phi) is 8.71. The average molecular weight is 544 g/mol. The lowest BCUT2D eigenvalue weighted by Crippen LogP contribution is -2.23. The number of anilines is 1. The molecule has 0 spiro atoms. The number of nitrogens with two attached hydrogens (primary N) is 1. The molecule has 0 amide bonds. The van der Waals surface area contributed by atoms with Crippen LogP contribution in [0.3, 0.4) is 0 Å². The smallest absolute Gasteiger partial charge is 0.406 e. The van der Waals surface area contributed by atoms with Gasteiger partial charge in [-0.05, 0) is 42.0 Å². The quantitative estimate of drug-likeness (QED) is 0.330. The van der Waals surface area contributed by atoms with Gasteiger partial charge in [0.1, 0.15) is 5.75 Å². The zero-order chi connectivity index (χ0) is 20.9. The molecule has 0 aromatic heterocycles. The van der Waals surface area contributed by atoms with Gasteiger partial charge < -0.3 is 15.8 Å². The molecule has 160 valence electrons. The molecule has 0 unspecified atom stereocenters. The number of alkyl halides is 3. The second kappa shape index (κ2) is 10.1. The Bertz CT molecular complexity index is 932. The van der Waals surface area contributed by atoms with Crippen molar-refractivity contribution in [2.24, 2.45) is 10.7 Å². The van der Waals surface area contributed by atoms with Crippen LogP contribution >= 0.6 is 24.0 Å². The molecular weight excluding hydrogens is 524 g/mol. The lowest BCUT2D eigenvalue weighted by atomic mass is 10.2. The number of nitrogens with one attached hydrogen (secondary N) is 1. The zero-order valence-corrected chi connectivity index (χ0v) is 18.6. The lowest BCUT2D eigenvalue weighted by molar-refractivity contribution is -0.274. The largest absolute Gasteiger partial charge is 0.573 e. The van der Waals surface area contributed by atoms with Crippen molar-refractivity contribution in [2.75, 3.05) is 19.4 Å². The Morgan fingerprint density at radius 3 is 2.14 bits per heavy atom. The average Bonchev–Trinajstić information content (AvgIpc) is 2.60. The summed E-state index contributed by atoms with van der Waals surface area (Å²) in [6.45, 7) is 0.191. The first kappa shape index (κ1) is 25.0. The van der Waals surface area contributed by atoms with E-state index < -0.39 is 16.4 Å². The van der Waals surface area contributed by atoms with Gasteiger partial charge in [-0.1, -0.05) is 12.1 Å². The Labute approximate surface area is 183 Å². The van der Waals surface area contributed by atoms with Crippen molar-refractivity contribution in [3.63, 3.8) is 0 Å². The van der Waals surface area contributed by atoms with Crippen LogP contribution < -0.4 is 15.8 Å². The molecule has 0 saturated carbocycles. The van der Waals surface area contributed by atoms with E-state index in [9.17, 15) is 21.6 Å². The van der Waals surface area contributed by atoms with Gasteiger partial charge in [-0.25, -0.2) is 17.7 Å². The first-order chi connectivity index (χ1) is 13.0. The normalized spacial score (nSPS) is 12.4. The summed E-state index contributed by atoms with van der Waals surface area (Å²) in [5.41, 5.74) is 6.92. The molecular formula is C17H20F3IN4O3S. The number of halogens is 4. The molecule has 2 rings (SSSR count). The molecule has 0 aliphatic heterocycles. The van der Waals surface area contributed by atoms with Gasteiger partial charge in [-0.3, -0.25) is 0 Å².